The summed E-state index contributed by atoms with van der Waals surface area (Å²) >= 11 is 9.65. The van der Waals surface area contributed by atoms with E-state index in [0.29, 0.717) is 6.54 Å². The minimum atomic E-state index is 0.600. The SMILES string of the molecule is CCn1nc(C)c(Cl)c1Cn1cc(CCBr)nn1. The van der Waals surface area contributed by atoms with Crippen LogP contribution in [0, 0.1) is 6.92 Å². The molecule has 98 valence electrons. The number of rotatable bonds is 5. The molecule has 0 aliphatic carbocycles. The van der Waals surface area contributed by atoms with Crippen LogP contribution in [0.1, 0.15) is 24.0 Å². The lowest BCUT2D eigenvalue weighted by molar-refractivity contribution is 0.565. The van der Waals surface area contributed by atoms with Crippen LogP contribution in [0.25, 0.3) is 0 Å². The molecule has 0 aliphatic rings. The molecule has 0 fully saturated rings. The van der Waals surface area contributed by atoms with E-state index in [-0.39, 0.29) is 0 Å². The van der Waals surface area contributed by atoms with Crippen molar-refractivity contribution in [2.45, 2.75) is 33.4 Å². The number of aromatic nitrogens is 5. The normalized spacial score (nSPS) is 11.1. The zero-order valence-corrected chi connectivity index (χ0v) is 12.7. The Bertz CT molecular complexity index is 534. The third-order valence-corrected chi connectivity index (χ3v) is 3.59. The van der Waals surface area contributed by atoms with Crippen molar-refractivity contribution >= 4 is 27.5 Å². The Morgan fingerprint density at radius 2 is 2.22 bits per heavy atom. The van der Waals surface area contributed by atoms with Gasteiger partial charge in [0.1, 0.15) is 0 Å². The highest BCUT2D eigenvalue weighted by Gasteiger charge is 2.13. The topological polar surface area (TPSA) is 48.5 Å². The molecule has 7 heteroatoms. The van der Waals surface area contributed by atoms with E-state index in [4.69, 9.17) is 11.6 Å². The number of alkyl halides is 1. The van der Waals surface area contributed by atoms with Gasteiger partial charge in [0.05, 0.1) is 28.6 Å². The highest BCUT2D eigenvalue weighted by molar-refractivity contribution is 9.09. The summed E-state index contributed by atoms with van der Waals surface area (Å²) in [5, 5.41) is 14.2. The molecule has 5 nitrogen and oxygen atoms in total. The van der Waals surface area contributed by atoms with Crippen molar-refractivity contribution in [3.63, 3.8) is 0 Å². The van der Waals surface area contributed by atoms with Crippen LogP contribution >= 0.6 is 27.5 Å². The van der Waals surface area contributed by atoms with Crippen molar-refractivity contribution in [2.75, 3.05) is 5.33 Å². The van der Waals surface area contributed by atoms with Gasteiger partial charge in [0.25, 0.3) is 0 Å². The Morgan fingerprint density at radius 1 is 1.44 bits per heavy atom. The van der Waals surface area contributed by atoms with Gasteiger partial charge in [0, 0.05) is 24.5 Å². The summed E-state index contributed by atoms with van der Waals surface area (Å²) in [4.78, 5) is 0. The molecular weight excluding hydrogens is 318 g/mol. The lowest BCUT2D eigenvalue weighted by atomic mass is 10.3. The van der Waals surface area contributed by atoms with E-state index in [2.05, 4.69) is 31.3 Å². The second-order valence-electron chi connectivity index (χ2n) is 4.01. The molecule has 0 bridgehead atoms. The minimum absolute atomic E-state index is 0.600. The van der Waals surface area contributed by atoms with Crippen LogP contribution in [0.3, 0.4) is 0 Å². The van der Waals surface area contributed by atoms with Crippen molar-refractivity contribution in [3.8, 4) is 0 Å². The summed E-state index contributed by atoms with van der Waals surface area (Å²) in [5.74, 6) is 0. The van der Waals surface area contributed by atoms with Gasteiger partial charge in [0.15, 0.2) is 0 Å². The number of halogens is 2. The first-order valence-electron chi connectivity index (χ1n) is 5.82. The average molecular weight is 333 g/mol. The van der Waals surface area contributed by atoms with E-state index in [1.165, 1.54) is 0 Å². The first kappa shape index (κ1) is 13.5. The molecule has 0 atom stereocenters. The Kier molecular flexibility index (Phi) is 4.40. The van der Waals surface area contributed by atoms with E-state index in [1.807, 2.05) is 24.7 Å². The molecule has 0 saturated heterocycles. The van der Waals surface area contributed by atoms with Crippen LogP contribution in [-0.2, 0) is 19.5 Å². The second kappa shape index (κ2) is 5.84. The molecule has 0 N–H and O–H groups in total. The summed E-state index contributed by atoms with van der Waals surface area (Å²) in [6, 6.07) is 0. The van der Waals surface area contributed by atoms with Crippen LogP contribution in [0.15, 0.2) is 6.20 Å². The zero-order chi connectivity index (χ0) is 13.1. The Hall–Kier alpha value is -0.880. The van der Waals surface area contributed by atoms with Crippen LogP contribution in [0.2, 0.25) is 5.02 Å². The maximum atomic E-state index is 6.26. The summed E-state index contributed by atoms with van der Waals surface area (Å²) < 4.78 is 3.70. The standard InChI is InChI=1S/C11H15BrClN5/c1-3-18-10(11(13)8(2)15-18)7-17-6-9(4-5-12)14-16-17/h6H,3-5,7H2,1-2H3. The van der Waals surface area contributed by atoms with Crippen molar-refractivity contribution in [1.82, 2.24) is 24.8 Å². The summed E-state index contributed by atoms with van der Waals surface area (Å²) in [6.45, 7) is 5.36. The molecule has 2 aromatic rings. The number of aryl methyl sites for hydroxylation is 3. The predicted molar refractivity (Wildman–Crippen MR) is 74.3 cm³/mol. The van der Waals surface area contributed by atoms with Gasteiger partial charge in [-0.05, 0) is 13.8 Å². The van der Waals surface area contributed by atoms with Crippen LogP contribution in [0.4, 0.5) is 0 Å². The second-order valence-corrected chi connectivity index (χ2v) is 5.18. The maximum Gasteiger partial charge on any atom is 0.0866 e. The average Bonchev–Trinajstić information content (AvgIpc) is 2.90. The van der Waals surface area contributed by atoms with Crippen LogP contribution < -0.4 is 0 Å². The van der Waals surface area contributed by atoms with E-state index < -0.39 is 0 Å². The van der Waals surface area contributed by atoms with Crippen molar-refractivity contribution < 1.29 is 0 Å². The van der Waals surface area contributed by atoms with Gasteiger partial charge < -0.3 is 0 Å². The highest BCUT2D eigenvalue weighted by Crippen LogP contribution is 2.21. The van der Waals surface area contributed by atoms with Crippen molar-refractivity contribution in [3.05, 3.63) is 28.3 Å². The van der Waals surface area contributed by atoms with Gasteiger partial charge >= 0.3 is 0 Å². The number of hydrogen-bond acceptors (Lipinski definition) is 3. The Balaban J connectivity index is 2.22. The smallest absolute Gasteiger partial charge is 0.0866 e. The fourth-order valence-corrected chi connectivity index (χ4v) is 2.40. The van der Waals surface area contributed by atoms with Gasteiger partial charge in [-0.3, -0.25) is 4.68 Å². The zero-order valence-electron chi connectivity index (χ0n) is 10.4. The number of hydrogen-bond donors (Lipinski definition) is 0. The first-order chi connectivity index (χ1) is 8.65. The third-order valence-electron chi connectivity index (χ3n) is 2.70. The third kappa shape index (κ3) is 2.75. The molecule has 2 rings (SSSR count). The van der Waals surface area contributed by atoms with E-state index in [0.717, 1.165) is 40.4 Å². The largest absolute Gasteiger partial charge is 0.266 e. The summed E-state index contributed by atoms with van der Waals surface area (Å²) in [5.41, 5.74) is 2.81. The fraction of sp³-hybridized carbons (Fsp3) is 0.545. The van der Waals surface area contributed by atoms with Gasteiger partial charge in [0.2, 0.25) is 0 Å². The van der Waals surface area contributed by atoms with Gasteiger partial charge in [-0.1, -0.05) is 32.7 Å². The van der Waals surface area contributed by atoms with Gasteiger partial charge in [-0.2, -0.15) is 5.10 Å². The predicted octanol–water partition coefficient (Wildman–Crippen LogP) is 2.44. The molecule has 0 saturated carbocycles. The van der Waals surface area contributed by atoms with Crippen LogP contribution in [-0.4, -0.2) is 30.1 Å². The van der Waals surface area contributed by atoms with Gasteiger partial charge in [-0.25, -0.2) is 4.68 Å². The Morgan fingerprint density at radius 3 is 2.89 bits per heavy atom. The Labute approximate surface area is 119 Å². The molecule has 18 heavy (non-hydrogen) atoms. The summed E-state index contributed by atoms with van der Waals surface area (Å²) in [6.07, 6.45) is 2.82. The van der Waals surface area contributed by atoms with Crippen LogP contribution in [0.5, 0.6) is 0 Å². The van der Waals surface area contributed by atoms with E-state index >= 15 is 0 Å². The molecule has 0 unspecified atom stereocenters. The molecule has 0 radical (unpaired) electrons. The molecule has 2 heterocycles. The molecule has 0 amide bonds. The van der Waals surface area contributed by atoms with E-state index in [1.54, 1.807) is 4.68 Å². The molecule has 0 aromatic carbocycles. The minimum Gasteiger partial charge on any atom is -0.266 e. The molecule has 2 aromatic heterocycles. The quantitative estimate of drug-likeness (QED) is 0.790. The van der Waals surface area contributed by atoms with E-state index in [9.17, 15) is 0 Å². The van der Waals surface area contributed by atoms with Crippen molar-refractivity contribution in [2.24, 2.45) is 0 Å². The highest BCUT2D eigenvalue weighted by atomic mass is 79.9. The van der Waals surface area contributed by atoms with Crippen molar-refractivity contribution in [1.29, 1.82) is 0 Å². The fourth-order valence-electron chi connectivity index (χ4n) is 1.80. The molecule has 0 spiro atoms. The van der Waals surface area contributed by atoms with Gasteiger partial charge in [-0.15, -0.1) is 5.10 Å². The first-order valence-corrected chi connectivity index (χ1v) is 7.32. The maximum absolute atomic E-state index is 6.26. The lowest BCUT2D eigenvalue weighted by Gasteiger charge is -2.04. The number of nitrogens with zero attached hydrogens (tertiary/aromatic N) is 5. The molecular formula is C11H15BrClN5. The monoisotopic (exact) mass is 331 g/mol. The lowest BCUT2D eigenvalue weighted by Crippen LogP contribution is -2.08. The summed E-state index contributed by atoms with van der Waals surface area (Å²) in [7, 11) is 0. The molecule has 0 aliphatic heterocycles.